The van der Waals surface area contributed by atoms with Crippen molar-refractivity contribution in [3.05, 3.63) is 64.2 Å². The van der Waals surface area contributed by atoms with E-state index in [4.69, 9.17) is 11.6 Å². The molecule has 1 aliphatic heterocycles. The van der Waals surface area contributed by atoms with Crippen LogP contribution in [0.1, 0.15) is 41.4 Å². The molecule has 1 unspecified atom stereocenters. The van der Waals surface area contributed by atoms with Crippen LogP contribution in [0.4, 0.5) is 5.69 Å². The molecule has 0 saturated carbocycles. The summed E-state index contributed by atoms with van der Waals surface area (Å²) in [6.07, 6.45) is 0.778. The van der Waals surface area contributed by atoms with Crippen molar-refractivity contribution in [1.29, 1.82) is 0 Å². The average molecular weight is 343 g/mol. The summed E-state index contributed by atoms with van der Waals surface area (Å²) in [6, 6.07) is 12.8. The van der Waals surface area contributed by atoms with Gasteiger partial charge in [0.1, 0.15) is 0 Å². The molecule has 0 bridgehead atoms. The van der Waals surface area contributed by atoms with E-state index in [9.17, 15) is 9.59 Å². The predicted molar refractivity (Wildman–Crippen MR) is 95.5 cm³/mol. The van der Waals surface area contributed by atoms with Crippen LogP contribution in [0.15, 0.2) is 42.5 Å². The Balaban J connectivity index is 1.75. The monoisotopic (exact) mass is 342 g/mol. The summed E-state index contributed by atoms with van der Waals surface area (Å²) in [5, 5.41) is 3.64. The van der Waals surface area contributed by atoms with Crippen molar-refractivity contribution in [3.63, 3.8) is 0 Å². The summed E-state index contributed by atoms with van der Waals surface area (Å²) < 4.78 is 0. The van der Waals surface area contributed by atoms with Crippen LogP contribution in [0.3, 0.4) is 0 Å². The van der Waals surface area contributed by atoms with E-state index in [1.165, 1.54) is 0 Å². The third-order valence-corrected chi connectivity index (χ3v) is 4.55. The van der Waals surface area contributed by atoms with Crippen LogP contribution in [-0.4, -0.2) is 18.4 Å². The maximum Gasteiger partial charge on any atom is 0.251 e. The number of rotatable bonds is 3. The molecule has 124 valence electrons. The molecule has 0 saturated heterocycles. The molecule has 2 aromatic rings. The molecule has 2 amide bonds. The number of benzene rings is 2. The number of hydrogen-bond donors (Lipinski definition) is 1. The first-order valence-electron chi connectivity index (χ1n) is 7.93. The smallest absolute Gasteiger partial charge is 0.251 e. The lowest BCUT2D eigenvalue weighted by Crippen LogP contribution is -2.27. The van der Waals surface area contributed by atoms with Gasteiger partial charge in [-0.05, 0) is 54.8 Å². The number of carbonyl (C=O) groups excluding carboxylic acids is 2. The van der Waals surface area contributed by atoms with Gasteiger partial charge in [-0.15, -0.1) is 0 Å². The zero-order chi connectivity index (χ0) is 17.3. The van der Waals surface area contributed by atoms with Gasteiger partial charge in [-0.2, -0.15) is 0 Å². The average Bonchev–Trinajstić information content (AvgIpc) is 2.98. The summed E-state index contributed by atoms with van der Waals surface area (Å²) in [5.41, 5.74) is 3.50. The van der Waals surface area contributed by atoms with E-state index in [0.29, 0.717) is 17.1 Å². The Morgan fingerprint density at radius 1 is 1.21 bits per heavy atom. The van der Waals surface area contributed by atoms with Crippen molar-refractivity contribution < 1.29 is 9.59 Å². The zero-order valence-electron chi connectivity index (χ0n) is 13.7. The lowest BCUT2D eigenvalue weighted by atomic mass is 10.1. The highest BCUT2D eigenvalue weighted by molar-refractivity contribution is 6.30. The largest absolute Gasteiger partial charge is 0.346 e. The number of amides is 2. The summed E-state index contributed by atoms with van der Waals surface area (Å²) in [5.74, 6) is -0.105. The quantitative estimate of drug-likeness (QED) is 0.923. The summed E-state index contributed by atoms with van der Waals surface area (Å²) >= 11 is 6.00. The molecule has 3 rings (SSSR count). The number of nitrogens with one attached hydrogen (secondary N) is 1. The van der Waals surface area contributed by atoms with Gasteiger partial charge >= 0.3 is 0 Å². The van der Waals surface area contributed by atoms with Gasteiger partial charge in [0.25, 0.3) is 5.91 Å². The lowest BCUT2D eigenvalue weighted by molar-refractivity contribution is -0.116. The molecule has 0 aliphatic carbocycles. The molecule has 24 heavy (non-hydrogen) atoms. The van der Waals surface area contributed by atoms with Crippen molar-refractivity contribution in [3.8, 4) is 0 Å². The SMILES string of the molecule is CC(=O)N1CCc2cc(C(=O)NC(C)c3cccc(Cl)c3)ccc21. The van der Waals surface area contributed by atoms with Gasteiger partial charge in [0.2, 0.25) is 5.91 Å². The second-order valence-electron chi connectivity index (χ2n) is 6.01. The summed E-state index contributed by atoms with van der Waals surface area (Å²) in [6.45, 7) is 4.16. The number of fused-ring (bicyclic) bond motifs is 1. The minimum atomic E-state index is -0.141. The van der Waals surface area contributed by atoms with Crippen molar-refractivity contribution in [2.24, 2.45) is 0 Å². The Kier molecular flexibility index (Phi) is 4.58. The molecule has 1 atom stereocenters. The van der Waals surface area contributed by atoms with Gasteiger partial charge in [-0.25, -0.2) is 0 Å². The molecule has 0 radical (unpaired) electrons. The van der Waals surface area contributed by atoms with E-state index in [1.807, 2.05) is 37.3 Å². The standard InChI is InChI=1S/C19H19ClN2O2/c1-12(14-4-3-5-17(20)11-14)21-19(24)16-6-7-18-15(10-16)8-9-22(18)13(2)23/h3-7,10-12H,8-9H2,1-2H3,(H,21,24). The van der Waals surface area contributed by atoms with Crippen molar-refractivity contribution in [1.82, 2.24) is 5.32 Å². The minimum absolute atomic E-state index is 0.0283. The van der Waals surface area contributed by atoms with E-state index < -0.39 is 0 Å². The molecule has 0 aromatic heterocycles. The van der Waals surface area contributed by atoms with Gasteiger partial charge in [0.05, 0.1) is 6.04 Å². The Labute approximate surface area is 146 Å². The number of hydrogen-bond acceptors (Lipinski definition) is 2. The van der Waals surface area contributed by atoms with Crippen LogP contribution in [0, 0.1) is 0 Å². The molecular formula is C19H19ClN2O2. The van der Waals surface area contributed by atoms with E-state index in [0.717, 1.165) is 23.2 Å². The fraction of sp³-hybridized carbons (Fsp3) is 0.263. The van der Waals surface area contributed by atoms with Crippen LogP contribution < -0.4 is 10.2 Å². The van der Waals surface area contributed by atoms with Gasteiger partial charge in [0, 0.05) is 29.7 Å². The van der Waals surface area contributed by atoms with Crippen LogP contribution >= 0.6 is 11.6 Å². The zero-order valence-corrected chi connectivity index (χ0v) is 14.4. The van der Waals surface area contributed by atoms with Crippen LogP contribution in [0.25, 0.3) is 0 Å². The fourth-order valence-electron chi connectivity index (χ4n) is 3.01. The first-order valence-corrected chi connectivity index (χ1v) is 8.31. The molecule has 5 heteroatoms. The second-order valence-corrected chi connectivity index (χ2v) is 6.45. The van der Waals surface area contributed by atoms with Crippen LogP contribution in [0.2, 0.25) is 5.02 Å². The molecule has 1 N–H and O–H groups in total. The van der Waals surface area contributed by atoms with Crippen molar-refractivity contribution in [2.75, 3.05) is 11.4 Å². The highest BCUT2D eigenvalue weighted by Crippen LogP contribution is 2.29. The predicted octanol–water partition coefficient (Wildman–Crippen LogP) is 3.74. The Bertz CT molecular complexity index is 804. The highest BCUT2D eigenvalue weighted by atomic mass is 35.5. The second kappa shape index (κ2) is 6.65. The topological polar surface area (TPSA) is 49.4 Å². The normalized spacial score (nSPS) is 14.2. The fourth-order valence-corrected chi connectivity index (χ4v) is 3.21. The van der Waals surface area contributed by atoms with Gasteiger partial charge in [0.15, 0.2) is 0 Å². The molecule has 0 spiro atoms. The minimum Gasteiger partial charge on any atom is -0.346 e. The van der Waals surface area contributed by atoms with E-state index in [2.05, 4.69) is 5.32 Å². The maximum atomic E-state index is 12.5. The molecular weight excluding hydrogens is 324 g/mol. The molecule has 4 nitrogen and oxygen atoms in total. The molecule has 1 aliphatic rings. The first kappa shape index (κ1) is 16.5. The Morgan fingerprint density at radius 3 is 2.71 bits per heavy atom. The van der Waals surface area contributed by atoms with Gasteiger partial charge < -0.3 is 10.2 Å². The number of halogens is 1. The lowest BCUT2D eigenvalue weighted by Gasteiger charge is -2.16. The van der Waals surface area contributed by atoms with E-state index in [1.54, 1.807) is 24.0 Å². The number of anilines is 1. The third kappa shape index (κ3) is 3.29. The van der Waals surface area contributed by atoms with Crippen molar-refractivity contribution >= 4 is 29.1 Å². The Morgan fingerprint density at radius 2 is 2.00 bits per heavy atom. The van der Waals surface area contributed by atoms with E-state index in [-0.39, 0.29) is 17.9 Å². The number of nitrogens with zero attached hydrogens (tertiary/aromatic N) is 1. The molecule has 1 heterocycles. The van der Waals surface area contributed by atoms with E-state index >= 15 is 0 Å². The maximum absolute atomic E-state index is 12.5. The van der Waals surface area contributed by atoms with Gasteiger partial charge in [-0.3, -0.25) is 9.59 Å². The molecule has 2 aromatic carbocycles. The molecule has 0 fully saturated rings. The van der Waals surface area contributed by atoms with Crippen molar-refractivity contribution in [2.45, 2.75) is 26.3 Å². The van der Waals surface area contributed by atoms with Crippen LogP contribution in [0.5, 0.6) is 0 Å². The summed E-state index contributed by atoms with van der Waals surface area (Å²) in [4.78, 5) is 25.8. The number of carbonyl (C=O) groups is 2. The summed E-state index contributed by atoms with van der Waals surface area (Å²) in [7, 11) is 0. The third-order valence-electron chi connectivity index (χ3n) is 4.31. The highest BCUT2D eigenvalue weighted by Gasteiger charge is 2.23. The van der Waals surface area contributed by atoms with Gasteiger partial charge in [-0.1, -0.05) is 23.7 Å². The van der Waals surface area contributed by atoms with Crippen LogP contribution in [-0.2, 0) is 11.2 Å². The first-order chi connectivity index (χ1) is 11.5. The Hall–Kier alpha value is -2.33.